The van der Waals surface area contributed by atoms with E-state index in [0.29, 0.717) is 0 Å². The summed E-state index contributed by atoms with van der Waals surface area (Å²) < 4.78 is 0. The maximum atomic E-state index is 2.57. The fourth-order valence-electron chi connectivity index (χ4n) is 6.27. The first-order valence-corrected chi connectivity index (χ1v) is 6.74. The van der Waals surface area contributed by atoms with Crippen LogP contribution in [0.1, 0.15) is 23.0 Å². The van der Waals surface area contributed by atoms with E-state index in [2.05, 4.69) is 36.4 Å². The first-order valence-electron chi connectivity index (χ1n) is 6.74. The maximum absolute atomic E-state index is 2.57. The van der Waals surface area contributed by atoms with Crippen LogP contribution in [0.2, 0.25) is 0 Å². The van der Waals surface area contributed by atoms with Gasteiger partial charge in [0.05, 0.1) is 0 Å². The molecule has 0 heteroatoms. The number of rotatable bonds is 0. The molecule has 1 aromatic carbocycles. The van der Waals surface area contributed by atoms with Gasteiger partial charge in [0.2, 0.25) is 0 Å². The molecule has 0 unspecified atom stereocenters. The first-order chi connectivity index (χ1) is 7.97. The normalized spacial score (nSPS) is 60.2. The van der Waals surface area contributed by atoms with Crippen molar-refractivity contribution in [2.75, 3.05) is 0 Å². The second-order valence-electron chi connectivity index (χ2n) is 6.53. The molecule has 0 amide bonds. The van der Waals surface area contributed by atoms with Crippen molar-refractivity contribution >= 4 is 0 Å². The Bertz CT molecular complexity index is 506. The Balaban J connectivity index is 1.73. The van der Waals surface area contributed by atoms with Gasteiger partial charge in [-0.3, -0.25) is 0 Å². The third-order valence-corrected chi connectivity index (χ3v) is 6.60. The van der Waals surface area contributed by atoms with Crippen LogP contribution in [0.5, 0.6) is 0 Å². The van der Waals surface area contributed by atoms with Crippen molar-refractivity contribution in [1.29, 1.82) is 0 Å². The van der Waals surface area contributed by atoms with Gasteiger partial charge in [0.25, 0.3) is 0 Å². The molecular weight excluding hydrogens is 192 g/mol. The third kappa shape index (κ3) is 0.468. The van der Waals surface area contributed by atoms with E-state index in [1.54, 1.807) is 11.1 Å². The summed E-state index contributed by atoms with van der Waals surface area (Å²) in [4.78, 5) is 0. The Morgan fingerprint density at radius 1 is 0.625 bits per heavy atom. The lowest BCUT2D eigenvalue weighted by Gasteiger charge is -2.82. The van der Waals surface area contributed by atoms with E-state index in [0.717, 1.165) is 47.3 Å². The fraction of sp³-hybridized carbons (Fsp3) is 0.500. The molecule has 0 aliphatic heterocycles. The smallest absolute Gasteiger partial charge is 0.00590 e. The van der Waals surface area contributed by atoms with Gasteiger partial charge in [0.1, 0.15) is 0 Å². The quantitative estimate of drug-likeness (QED) is 0.572. The van der Waals surface area contributed by atoms with E-state index in [4.69, 9.17) is 0 Å². The van der Waals surface area contributed by atoms with E-state index >= 15 is 0 Å². The molecule has 16 heavy (non-hydrogen) atoms. The lowest BCUT2D eigenvalue weighted by molar-refractivity contribution is -0.265. The number of hydrogen-bond donors (Lipinski definition) is 0. The van der Waals surface area contributed by atoms with Gasteiger partial charge in [0.15, 0.2) is 0 Å². The van der Waals surface area contributed by atoms with Gasteiger partial charge in [-0.05, 0) is 58.5 Å². The molecule has 0 heterocycles. The average molecular weight is 206 g/mol. The van der Waals surface area contributed by atoms with E-state index in [-0.39, 0.29) is 0 Å². The van der Waals surface area contributed by atoms with Crippen molar-refractivity contribution in [3.05, 3.63) is 47.5 Å². The third-order valence-electron chi connectivity index (χ3n) is 6.60. The minimum atomic E-state index is 0.913. The van der Waals surface area contributed by atoms with Crippen molar-refractivity contribution in [3.8, 4) is 0 Å². The van der Waals surface area contributed by atoms with Gasteiger partial charge in [0, 0.05) is 0 Å². The molecular formula is C16H14. The summed E-state index contributed by atoms with van der Waals surface area (Å²) in [6, 6.07) is 9.33. The molecule has 0 nitrogen and oxygen atoms in total. The molecule has 6 rings (SSSR count). The van der Waals surface area contributed by atoms with Crippen molar-refractivity contribution in [2.24, 2.45) is 35.5 Å². The summed E-state index contributed by atoms with van der Waals surface area (Å²) in [6.45, 7) is 0. The SMILES string of the molecule is C1=C[C@H]2[C@H]3c4ccccc4[C@H]4[C@@H]1[C@H]1[C@@H]2[C@@H]3[C@@H]41. The fourth-order valence-corrected chi connectivity index (χ4v) is 6.27. The minimum absolute atomic E-state index is 0.913. The molecule has 3 fully saturated rings. The van der Waals surface area contributed by atoms with E-state index in [9.17, 15) is 0 Å². The lowest BCUT2D eigenvalue weighted by Crippen LogP contribution is -2.76. The largest absolute Gasteiger partial charge is 0.0842 e. The topological polar surface area (TPSA) is 0 Å². The minimum Gasteiger partial charge on any atom is -0.0842 e. The molecule has 8 atom stereocenters. The van der Waals surface area contributed by atoms with E-state index in [1.807, 2.05) is 0 Å². The van der Waals surface area contributed by atoms with Crippen molar-refractivity contribution in [2.45, 2.75) is 11.8 Å². The Hall–Kier alpha value is -1.04. The highest BCUT2D eigenvalue weighted by Gasteiger charge is 2.78. The Labute approximate surface area is 95.4 Å². The zero-order chi connectivity index (χ0) is 10.0. The number of fused-ring (bicyclic) bond motifs is 5. The van der Waals surface area contributed by atoms with Gasteiger partial charge < -0.3 is 0 Å². The summed E-state index contributed by atoms with van der Waals surface area (Å²) in [5, 5.41) is 0. The van der Waals surface area contributed by atoms with Crippen LogP contribution in [0.15, 0.2) is 36.4 Å². The lowest BCUT2D eigenvalue weighted by atomic mass is 9.22. The summed E-state index contributed by atoms with van der Waals surface area (Å²) in [7, 11) is 0. The molecule has 3 saturated carbocycles. The molecule has 78 valence electrons. The van der Waals surface area contributed by atoms with E-state index in [1.165, 1.54) is 0 Å². The van der Waals surface area contributed by atoms with Gasteiger partial charge in [-0.1, -0.05) is 36.4 Å². The van der Waals surface area contributed by atoms with Crippen LogP contribution in [-0.4, -0.2) is 0 Å². The highest BCUT2D eigenvalue weighted by Crippen LogP contribution is 2.84. The molecule has 5 aliphatic carbocycles. The summed E-state index contributed by atoms with van der Waals surface area (Å²) in [5.41, 5.74) is 3.45. The monoisotopic (exact) mass is 206 g/mol. The number of hydrogen-bond acceptors (Lipinski definition) is 0. The molecule has 0 saturated heterocycles. The van der Waals surface area contributed by atoms with Gasteiger partial charge >= 0.3 is 0 Å². The summed E-state index contributed by atoms with van der Waals surface area (Å²) in [6.07, 6.45) is 5.15. The Morgan fingerprint density at radius 2 is 1.12 bits per heavy atom. The molecule has 0 bridgehead atoms. The second-order valence-corrected chi connectivity index (χ2v) is 6.53. The average Bonchev–Trinajstić information content (AvgIpc) is 2.20. The van der Waals surface area contributed by atoms with Crippen LogP contribution in [0, 0.1) is 35.5 Å². The molecule has 0 aromatic heterocycles. The molecule has 0 radical (unpaired) electrons. The molecule has 5 aliphatic rings. The maximum Gasteiger partial charge on any atom is -0.00590 e. The van der Waals surface area contributed by atoms with Crippen LogP contribution in [0.25, 0.3) is 0 Å². The van der Waals surface area contributed by atoms with Crippen molar-refractivity contribution in [3.63, 3.8) is 0 Å². The predicted octanol–water partition coefficient (Wildman–Crippen LogP) is 3.18. The highest BCUT2D eigenvalue weighted by molar-refractivity contribution is 5.52. The zero-order valence-corrected chi connectivity index (χ0v) is 9.08. The molecule has 0 spiro atoms. The number of benzene rings is 1. The van der Waals surface area contributed by atoms with E-state index < -0.39 is 0 Å². The Kier molecular flexibility index (Phi) is 0.877. The van der Waals surface area contributed by atoms with Crippen LogP contribution in [0.4, 0.5) is 0 Å². The van der Waals surface area contributed by atoms with Gasteiger partial charge in [-0.15, -0.1) is 0 Å². The summed E-state index contributed by atoms with van der Waals surface area (Å²) >= 11 is 0. The van der Waals surface area contributed by atoms with Gasteiger partial charge in [-0.2, -0.15) is 0 Å². The first kappa shape index (κ1) is 7.32. The Morgan fingerprint density at radius 3 is 1.62 bits per heavy atom. The van der Waals surface area contributed by atoms with Crippen LogP contribution < -0.4 is 0 Å². The van der Waals surface area contributed by atoms with Crippen LogP contribution >= 0.6 is 0 Å². The van der Waals surface area contributed by atoms with Gasteiger partial charge in [-0.25, -0.2) is 0 Å². The molecule has 0 N–H and O–H groups in total. The zero-order valence-electron chi connectivity index (χ0n) is 9.08. The standard InChI is InChI=1S/C16H14/c1-2-4-8-7(3-1)11-9-5-6-10-12(8)16-14(10)13(9)15(11)16/h1-6,9-16H/t9-,10+,11+,12-,13+,14-,15+,16-. The molecule has 1 aromatic rings. The summed E-state index contributed by atoms with van der Waals surface area (Å²) in [5.74, 6) is 8.07. The van der Waals surface area contributed by atoms with Crippen molar-refractivity contribution < 1.29 is 0 Å². The second kappa shape index (κ2) is 1.92. The van der Waals surface area contributed by atoms with Crippen molar-refractivity contribution in [1.82, 2.24) is 0 Å². The predicted molar refractivity (Wildman–Crippen MR) is 62.0 cm³/mol. The number of allylic oxidation sites excluding steroid dienone is 2. The van der Waals surface area contributed by atoms with Crippen LogP contribution in [-0.2, 0) is 0 Å². The van der Waals surface area contributed by atoms with Crippen LogP contribution in [0.3, 0.4) is 0 Å². The highest BCUT2D eigenvalue weighted by atomic mass is 14.8.